The number of rotatable bonds is 3. The SMILES string of the molecule is CCC(c1cccs1)n1nc(C)cc1N. The molecule has 2 heterocycles. The smallest absolute Gasteiger partial charge is 0.122 e. The van der Waals surface area contributed by atoms with Crippen LogP contribution in [-0.4, -0.2) is 9.78 Å². The van der Waals surface area contributed by atoms with E-state index in [2.05, 4.69) is 29.5 Å². The minimum Gasteiger partial charge on any atom is -0.384 e. The van der Waals surface area contributed by atoms with E-state index in [-0.39, 0.29) is 6.04 Å². The first-order valence-corrected chi connectivity index (χ1v) is 5.95. The maximum Gasteiger partial charge on any atom is 0.122 e. The van der Waals surface area contributed by atoms with Crippen molar-refractivity contribution in [1.29, 1.82) is 0 Å². The van der Waals surface area contributed by atoms with Crippen molar-refractivity contribution < 1.29 is 0 Å². The number of hydrogen-bond acceptors (Lipinski definition) is 3. The summed E-state index contributed by atoms with van der Waals surface area (Å²) < 4.78 is 1.92. The molecule has 0 fully saturated rings. The van der Waals surface area contributed by atoms with Gasteiger partial charge in [0.2, 0.25) is 0 Å². The summed E-state index contributed by atoms with van der Waals surface area (Å²) in [5, 5.41) is 6.52. The van der Waals surface area contributed by atoms with Gasteiger partial charge in [-0.2, -0.15) is 5.10 Å². The molecule has 3 nitrogen and oxygen atoms in total. The maximum absolute atomic E-state index is 5.93. The van der Waals surface area contributed by atoms with E-state index < -0.39 is 0 Å². The highest BCUT2D eigenvalue weighted by atomic mass is 32.1. The van der Waals surface area contributed by atoms with E-state index in [0.717, 1.165) is 17.9 Å². The molecule has 0 saturated carbocycles. The Hall–Kier alpha value is -1.29. The highest BCUT2D eigenvalue weighted by Gasteiger charge is 2.15. The molecule has 0 aromatic carbocycles. The van der Waals surface area contributed by atoms with Crippen LogP contribution < -0.4 is 5.73 Å². The molecule has 0 amide bonds. The highest BCUT2D eigenvalue weighted by Crippen LogP contribution is 2.27. The van der Waals surface area contributed by atoms with Crippen molar-refractivity contribution in [3.8, 4) is 0 Å². The molecule has 0 aliphatic rings. The standard InChI is InChI=1S/C11H15N3S/c1-3-9(10-5-4-6-15-10)14-11(12)7-8(2)13-14/h4-7,9H,3,12H2,1-2H3. The molecule has 0 aliphatic heterocycles. The van der Waals surface area contributed by atoms with E-state index in [1.807, 2.05) is 17.7 Å². The van der Waals surface area contributed by atoms with Crippen molar-refractivity contribution in [3.05, 3.63) is 34.2 Å². The van der Waals surface area contributed by atoms with Gasteiger partial charge >= 0.3 is 0 Å². The van der Waals surface area contributed by atoms with Crippen LogP contribution in [0, 0.1) is 6.92 Å². The van der Waals surface area contributed by atoms with Crippen LogP contribution >= 0.6 is 11.3 Å². The first kappa shape index (κ1) is 10.2. The molecule has 2 rings (SSSR count). The van der Waals surface area contributed by atoms with E-state index in [9.17, 15) is 0 Å². The molecular weight excluding hydrogens is 206 g/mol. The van der Waals surface area contributed by atoms with Gasteiger partial charge in [0.05, 0.1) is 11.7 Å². The van der Waals surface area contributed by atoms with Gasteiger partial charge < -0.3 is 5.73 Å². The molecule has 0 spiro atoms. The van der Waals surface area contributed by atoms with Gasteiger partial charge in [0, 0.05) is 10.9 Å². The number of nitrogens with zero attached hydrogens (tertiary/aromatic N) is 2. The number of aromatic nitrogens is 2. The van der Waals surface area contributed by atoms with E-state index in [1.54, 1.807) is 11.3 Å². The van der Waals surface area contributed by atoms with Crippen molar-refractivity contribution in [2.45, 2.75) is 26.3 Å². The lowest BCUT2D eigenvalue weighted by Crippen LogP contribution is -2.12. The summed E-state index contributed by atoms with van der Waals surface area (Å²) in [6, 6.07) is 6.39. The highest BCUT2D eigenvalue weighted by molar-refractivity contribution is 7.10. The fourth-order valence-corrected chi connectivity index (χ4v) is 2.66. The molecule has 0 bridgehead atoms. The molecule has 4 heteroatoms. The van der Waals surface area contributed by atoms with Crippen molar-refractivity contribution in [2.24, 2.45) is 0 Å². The van der Waals surface area contributed by atoms with Gasteiger partial charge in [0.25, 0.3) is 0 Å². The molecule has 80 valence electrons. The van der Waals surface area contributed by atoms with Crippen molar-refractivity contribution in [3.63, 3.8) is 0 Å². The van der Waals surface area contributed by atoms with Gasteiger partial charge in [0.15, 0.2) is 0 Å². The summed E-state index contributed by atoms with van der Waals surface area (Å²) in [4.78, 5) is 1.31. The fourth-order valence-electron chi connectivity index (χ4n) is 1.76. The second-order valence-corrected chi connectivity index (χ2v) is 4.57. The summed E-state index contributed by atoms with van der Waals surface area (Å²) in [5.74, 6) is 0.743. The molecule has 15 heavy (non-hydrogen) atoms. The molecule has 0 aliphatic carbocycles. The molecule has 2 N–H and O–H groups in total. The third kappa shape index (κ3) is 1.90. The van der Waals surface area contributed by atoms with Crippen molar-refractivity contribution >= 4 is 17.2 Å². The van der Waals surface area contributed by atoms with Crippen LogP contribution in [-0.2, 0) is 0 Å². The Morgan fingerprint density at radius 2 is 2.40 bits per heavy atom. The fraction of sp³-hybridized carbons (Fsp3) is 0.364. The van der Waals surface area contributed by atoms with Gasteiger partial charge in [-0.3, -0.25) is 0 Å². The van der Waals surface area contributed by atoms with Crippen LogP contribution in [0.15, 0.2) is 23.6 Å². The topological polar surface area (TPSA) is 43.8 Å². The van der Waals surface area contributed by atoms with Gasteiger partial charge in [-0.1, -0.05) is 13.0 Å². The summed E-state index contributed by atoms with van der Waals surface area (Å²) in [5.41, 5.74) is 6.90. The Labute approximate surface area is 93.5 Å². The predicted molar refractivity (Wildman–Crippen MR) is 64.1 cm³/mol. The van der Waals surface area contributed by atoms with Crippen LogP contribution in [0.3, 0.4) is 0 Å². The monoisotopic (exact) mass is 221 g/mol. The summed E-state index contributed by atoms with van der Waals surface area (Å²) in [7, 11) is 0. The Bertz CT molecular complexity index is 431. The normalized spacial score (nSPS) is 12.9. The quantitative estimate of drug-likeness (QED) is 0.866. The third-order valence-corrected chi connectivity index (χ3v) is 3.41. The lowest BCUT2D eigenvalue weighted by atomic mass is 10.2. The van der Waals surface area contributed by atoms with Crippen LogP contribution in [0.2, 0.25) is 0 Å². The van der Waals surface area contributed by atoms with Gasteiger partial charge in [0.1, 0.15) is 5.82 Å². The minimum atomic E-state index is 0.277. The number of nitrogens with two attached hydrogens (primary N) is 1. The average molecular weight is 221 g/mol. The molecular formula is C11H15N3S. The lowest BCUT2D eigenvalue weighted by molar-refractivity contribution is 0.521. The van der Waals surface area contributed by atoms with Crippen LogP contribution in [0.4, 0.5) is 5.82 Å². The van der Waals surface area contributed by atoms with Gasteiger partial charge in [-0.25, -0.2) is 4.68 Å². The van der Waals surface area contributed by atoms with Crippen LogP contribution in [0.25, 0.3) is 0 Å². The Morgan fingerprint density at radius 1 is 1.60 bits per heavy atom. The zero-order valence-corrected chi connectivity index (χ0v) is 9.79. The molecule has 0 saturated heterocycles. The van der Waals surface area contributed by atoms with Crippen LogP contribution in [0.1, 0.15) is 30.0 Å². The number of aryl methyl sites for hydroxylation is 1. The van der Waals surface area contributed by atoms with Gasteiger partial charge in [-0.05, 0) is 24.8 Å². The average Bonchev–Trinajstić information content (AvgIpc) is 2.79. The largest absolute Gasteiger partial charge is 0.384 e. The molecule has 0 radical (unpaired) electrons. The summed E-state index contributed by atoms with van der Waals surface area (Å²) in [6.45, 7) is 4.12. The number of thiophene rings is 1. The van der Waals surface area contributed by atoms with Crippen LogP contribution in [0.5, 0.6) is 0 Å². The maximum atomic E-state index is 5.93. The Balaban J connectivity index is 2.39. The number of hydrogen-bond donors (Lipinski definition) is 1. The number of nitrogen functional groups attached to an aromatic ring is 1. The van der Waals surface area contributed by atoms with Crippen molar-refractivity contribution in [2.75, 3.05) is 5.73 Å². The zero-order chi connectivity index (χ0) is 10.8. The van der Waals surface area contributed by atoms with E-state index >= 15 is 0 Å². The second-order valence-electron chi connectivity index (χ2n) is 3.59. The first-order valence-electron chi connectivity index (χ1n) is 5.07. The molecule has 2 aromatic heterocycles. The van der Waals surface area contributed by atoms with E-state index in [4.69, 9.17) is 5.73 Å². The third-order valence-electron chi connectivity index (χ3n) is 2.44. The Morgan fingerprint density at radius 3 is 2.87 bits per heavy atom. The molecule has 1 unspecified atom stereocenters. The number of anilines is 1. The zero-order valence-electron chi connectivity index (χ0n) is 8.97. The molecule has 2 aromatic rings. The first-order chi connectivity index (χ1) is 7.22. The second kappa shape index (κ2) is 4.06. The molecule has 1 atom stereocenters. The predicted octanol–water partition coefficient (Wildman–Crippen LogP) is 2.83. The minimum absolute atomic E-state index is 0.277. The van der Waals surface area contributed by atoms with Crippen molar-refractivity contribution in [1.82, 2.24) is 9.78 Å². The van der Waals surface area contributed by atoms with E-state index in [1.165, 1.54) is 4.88 Å². The van der Waals surface area contributed by atoms with Gasteiger partial charge in [-0.15, -0.1) is 11.3 Å². The Kier molecular flexibility index (Phi) is 2.77. The summed E-state index contributed by atoms with van der Waals surface area (Å²) >= 11 is 1.75. The lowest BCUT2D eigenvalue weighted by Gasteiger charge is -2.15. The summed E-state index contributed by atoms with van der Waals surface area (Å²) in [6.07, 6.45) is 1.01. The van der Waals surface area contributed by atoms with E-state index in [0.29, 0.717) is 0 Å².